The van der Waals surface area contributed by atoms with Gasteiger partial charge in [-0.25, -0.2) is 0 Å². The lowest BCUT2D eigenvalue weighted by Crippen LogP contribution is -2.59. The number of carbonyl (C=O) groups excluding carboxylic acids is 2. The van der Waals surface area contributed by atoms with E-state index in [9.17, 15) is 9.59 Å². The molecular weight excluding hydrogens is 292 g/mol. The summed E-state index contributed by atoms with van der Waals surface area (Å²) in [4.78, 5) is 29.6. The van der Waals surface area contributed by atoms with Crippen molar-refractivity contribution >= 4 is 11.8 Å². The summed E-state index contributed by atoms with van der Waals surface area (Å²) in [6.45, 7) is 5.45. The summed E-state index contributed by atoms with van der Waals surface area (Å²) in [5, 5.41) is 0. The Morgan fingerprint density at radius 3 is 2.57 bits per heavy atom. The van der Waals surface area contributed by atoms with Crippen LogP contribution in [0.3, 0.4) is 0 Å². The normalized spacial score (nSPS) is 26.4. The third kappa shape index (κ3) is 3.39. The number of hydrogen-bond acceptors (Lipinski definition) is 3. The molecule has 2 heterocycles. The van der Waals surface area contributed by atoms with Gasteiger partial charge in [0.2, 0.25) is 11.8 Å². The van der Waals surface area contributed by atoms with Gasteiger partial charge in [0.05, 0.1) is 5.54 Å². The van der Waals surface area contributed by atoms with Crippen LogP contribution in [0.4, 0.5) is 0 Å². The summed E-state index contributed by atoms with van der Waals surface area (Å²) in [5.74, 6) is 0.679. The van der Waals surface area contributed by atoms with Crippen LogP contribution >= 0.6 is 0 Å². The van der Waals surface area contributed by atoms with Crippen LogP contribution < -0.4 is 0 Å². The summed E-state index contributed by atoms with van der Waals surface area (Å²) in [6, 6.07) is 0. The highest BCUT2D eigenvalue weighted by molar-refractivity contribution is 5.82. The number of ether oxygens (including phenoxy) is 1. The van der Waals surface area contributed by atoms with E-state index in [1.165, 1.54) is 19.3 Å². The Balaban J connectivity index is 1.79. The molecule has 2 aliphatic heterocycles. The average Bonchev–Trinajstić information content (AvgIpc) is 2.72. The average molecular weight is 322 g/mol. The topological polar surface area (TPSA) is 49.9 Å². The SMILES string of the molecule is CCN1C(=O)CCN(C(=O)C2CCCCC2)CC12CCOCC2. The van der Waals surface area contributed by atoms with E-state index < -0.39 is 0 Å². The summed E-state index contributed by atoms with van der Waals surface area (Å²) >= 11 is 0. The summed E-state index contributed by atoms with van der Waals surface area (Å²) in [7, 11) is 0. The molecule has 5 nitrogen and oxygen atoms in total. The monoisotopic (exact) mass is 322 g/mol. The minimum Gasteiger partial charge on any atom is -0.381 e. The molecule has 2 amide bonds. The third-order valence-corrected chi connectivity index (χ3v) is 5.96. The second kappa shape index (κ2) is 7.20. The molecule has 1 saturated carbocycles. The molecule has 0 radical (unpaired) electrons. The van der Waals surface area contributed by atoms with Gasteiger partial charge in [-0.05, 0) is 32.6 Å². The molecule has 0 unspecified atom stereocenters. The van der Waals surface area contributed by atoms with E-state index in [4.69, 9.17) is 4.74 Å². The van der Waals surface area contributed by atoms with E-state index in [2.05, 4.69) is 0 Å². The molecule has 0 N–H and O–H groups in total. The third-order valence-electron chi connectivity index (χ3n) is 5.96. The molecule has 0 aromatic heterocycles. The molecule has 1 spiro atoms. The second-order valence-corrected chi connectivity index (χ2v) is 7.32. The second-order valence-electron chi connectivity index (χ2n) is 7.32. The Morgan fingerprint density at radius 2 is 1.91 bits per heavy atom. The lowest BCUT2D eigenvalue weighted by molar-refractivity contribution is -0.143. The first-order valence-electron chi connectivity index (χ1n) is 9.33. The maximum absolute atomic E-state index is 13.0. The maximum atomic E-state index is 13.0. The number of likely N-dealkylation sites (N-methyl/N-ethyl adjacent to an activating group) is 1. The first-order chi connectivity index (χ1) is 11.2. The molecule has 3 rings (SSSR count). The van der Waals surface area contributed by atoms with Crippen molar-refractivity contribution in [2.45, 2.75) is 63.8 Å². The Bertz CT molecular complexity index is 440. The van der Waals surface area contributed by atoms with Gasteiger partial charge in [0.1, 0.15) is 0 Å². The molecule has 1 aliphatic carbocycles. The van der Waals surface area contributed by atoms with Gasteiger partial charge >= 0.3 is 0 Å². The van der Waals surface area contributed by atoms with Crippen molar-refractivity contribution in [3.8, 4) is 0 Å². The zero-order valence-electron chi connectivity index (χ0n) is 14.4. The Kier molecular flexibility index (Phi) is 5.24. The minimum absolute atomic E-state index is 0.184. The highest BCUT2D eigenvalue weighted by atomic mass is 16.5. The van der Waals surface area contributed by atoms with Crippen LogP contribution in [0.15, 0.2) is 0 Å². The van der Waals surface area contributed by atoms with Crippen LogP contribution in [0.2, 0.25) is 0 Å². The first kappa shape index (κ1) is 16.7. The molecule has 0 bridgehead atoms. The predicted octanol–water partition coefficient (Wildman–Crippen LogP) is 2.20. The molecule has 0 aromatic carbocycles. The smallest absolute Gasteiger partial charge is 0.225 e. The molecule has 0 atom stereocenters. The van der Waals surface area contributed by atoms with Gasteiger partial charge in [-0.2, -0.15) is 0 Å². The van der Waals surface area contributed by atoms with Crippen LogP contribution in [0, 0.1) is 5.92 Å². The number of rotatable bonds is 2. The van der Waals surface area contributed by atoms with Gasteiger partial charge in [-0.15, -0.1) is 0 Å². The van der Waals surface area contributed by atoms with Crippen molar-refractivity contribution in [1.82, 2.24) is 9.80 Å². The van der Waals surface area contributed by atoms with E-state index in [0.29, 0.717) is 38.6 Å². The van der Waals surface area contributed by atoms with Gasteiger partial charge < -0.3 is 14.5 Å². The van der Waals surface area contributed by atoms with Gasteiger partial charge in [0.15, 0.2) is 0 Å². The van der Waals surface area contributed by atoms with E-state index in [-0.39, 0.29) is 17.4 Å². The van der Waals surface area contributed by atoms with Crippen molar-refractivity contribution in [3.05, 3.63) is 0 Å². The molecule has 2 saturated heterocycles. The van der Waals surface area contributed by atoms with Crippen molar-refractivity contribution < 1.29 is 14.3 Å². The van der Waals surface area contributed by atoms with Gasteiger partial charge in [-0.3, -0.25) is 9.59 Å². The van der Waals surface area contributed by atoms with Crippen LogP contribution in [0.25, 0.3) is 0 Å². The molecule has 3 aliphatic rings. The van der Waals surface area contributed by atoms with Crippen LogP contribution in [0.1, 0.15) is 58.3 Å². The van der Waals surface area contributed by atoms with Gasteiger partial charge in [-0.1, -0.05) is 19.3 Å². The predicted molar refractivity (Wildman–Crippen MR) is 87.9 cm³/mol. The number of amides is 2. The number of nitrogens with zero attached hydrogens (tertiary/aromatic N) is 2. The van der Waals surface area contributed by atoms with Crippen LogP contribution in [-0.2, 0) is 14.3 Å². The Morgan fingerprint density at radius 1 is 1.22 bits per heavy atom. The Labute approximate surface area is 139 Å². The zero-order chi connectivity index (χ0) is 16.3. The summed E-state index contributed by atoms with van der Waals surface area (Å²) in [5.41, 5.74) is -0.203. The summed E-state index contributed by atoms with van der Waals surface area (Å²) in [6.07, 6.45) is 7.81. The van der Waals surface area contributed by atoms with Crippen molar-refractivity contribution in [2.75, 3.05) is 32.8 Å². The Hall–Kier alpha value is -1.10. The molecule has 23 heavy (non-hydrogen) atoms. The summed E-state index contributed by atoms with van der Waals surface area (Å²) < 4.78 is 5.54. The highest BCUT2D eigenvalue weighted by Gasteiger charge is 2.45. The van der Waals surface area contributed by atoms with E-state index in [1.54, 1.807) is 0 Å². The minimum atomic E-state index is -0.203. The fourth-order valence-electron chi connectivity index (χ4n) is 4.64. The van der Waals surface area contributed by atoms with Gasteiger partial charge in [0.25, 0.3) is 0 Å². The first-order valence-corrected chi connectivity index (χ1v) is 9.33. The van der Waals surface area contributed by atoms with E-state index >= 15 is 0 Å². The zero-order valence-corrected chi connectivity index (χ0v) is 14.4. The highest BCUT2D eigenvalue weighted by Crippen LogP contribution is 2.33. The molecule has 130 valence electrons. The number of carbonyl (C=O) groups is 2. The molecule has 3 fully saturated rings. The number of hydrogen-bond donors (Lipinski definition) is 0. The lowest BCUT2D eigenvalue weighted by atomic mass is 9.85. The van der Waals surface area contributed by atoms with Gasteiger partial charge in [0, 0.05) is 45.2 Å². The quantitative estimate of drug-likeness (QED) is 0.783. The van der Waals surface area contributed by atoms with Crippen molar-refractivity contribution in [1.29, 1.82) is 0 Å². The molecular formula is C18H30N2O3. The maximum Gasteiger partial charge on any atom is 0.225 e. The van der Waals surface area contributed by atoms with Crippen molar-refractivity contribution in [3.63, 3.8) is 0 Å². The molecule has 5 heteroatoms. The van der Waals surface area contributed by atoms with Crippen LogP contribution in [-0.4, -0.2) is 60.0 Å². The van der Waals surface area contributed by atoms with Crippen LogP contribution in [0.5, 0.6) is 0 Å². The fourth-order valence-corrected chi connectivity index (χ4v) is 4.64. The fraction of sp³-hybridized carbons (Fsp3) is 0.889. The molecule has 0 aromatic rings. The van der Waals surface area contributed by atoms with E-state index in [0.717, 1.165) is 32.2 Å². The lowest BCUT2D eigenvalue weighted by Gasteiger charge is -2.46. The van der Waals surface area contributed by atoms with Crippen molar-refractivity contribution in [2.24, 2.45) is 5.92 Å². The largest absolute Gasteiger partial charge is 0.381 e. The van der Waals surface area contributed by atoms with E-state index in [1.807, 2.05) is 16.7 Å². The standard InChI is InChI=1S/C18H30N2O3/c1-2-20-16(21)8-11-19(14-18(20)9-12-23-13-10-18)17(22)15-6-4-3-5-7-15/h15H,2-14H2,1H3.